The summed E-state index contributed by atoms with van der Waals surface area (Å²) in [7, 11) is 0. The van der Waals surface area contributed by atoms with Crippen molar-refractivity contribution < 1.29 is 28.8 Å². The Kier molecular flexibility index (Phi) is 8.28. The third-order valence-corrected chi connectivity index (χ3v) is 6.84. The van der Waals surface area contributed by atoms with Crippen LogP contribution in [0.15, 0.2) is 83.4 Å². The second-order valence-corrected chi connectivity index (χ2v) is 9.95. The van der Waals surface area contributed by atoms with Gasteiger partial charge in [-0.25, -0.2) is 4.79 Å². The van der Waals surface area contributed by atoms with Gasteiger partial charge in [0.15, 0.2) is 5.69 Å². The predicted molar refractivity (Wildman–Crippen MR) is 155 cm³/mol. The van der Waals surface area contributed by atoms with Crippen molar-refractivity contribution in [2.24, 2.45) is 0 Å². The van der Waals surface area contributed by atoms with E-state index in [1.807, 2.05) is 24.3 Å². The van der Waals surface area contributed by atoms with Crippen molar-refractivity contribution in [3.05, 3.63) is 107 Å². The largest absolute Gasteiger partial charge is 0.481 e. The molecule has 4 N–H and O–H groups in total. The molecule has 1 aliphatic rings. The lowest BCUT2D eigenvalue weighted by molar-refractivity contribution is -0.137. The van der Waals surface area contributed by atoms with E-state index in [9.17, 15) is 24.3 Å². The van der Waals surface area contributed by atoms with Crippen LogP contribution in [0.4, 0.5) is 21.9 Å². The number of nitrogens with zero attached hydrogens (tertiary/aromatic N) is 2. The van der Waals surface area contributed by atoms with Gasteiger partial charge < -0.3 is 25.6 Å². The van der Waals surface area contributed by atoms with Gasteiger partial charge in [0, 0.05) is 29.7 Å². The van der Waals surface area contributed by atoms with Gasteiger partial charge in [-0.05, 0) is 60.4 Å². The van der Waals surface area contributed by atoms with Crippen molar-refractivity contribution in [2.45, 2.75) is 32.2 Å². The van der Waals surface area contributed by atoms with Crippen LogP contribution in [0.25, 0.3) is 0 Å². The Morgan fingerprint density at radius 3 is 2.33 bits per heavy atom. The number of carboxylic acids is 1. The first-order valence-corrected chi connectivity index (χ1v) is 13.4. The third-order valence-electron chi connectivity index (χ3n) is 6.84. The molecular weight excluding hydrogens is 538 g/mol. The smallest absolute Gasteiger partial charge is 0.326 e. The molecule has 5 rings (SSSR count). The molecule has 0 aliphatic carbocycles. The maximum absolute atomic E-state index is 12.8. The van der Waals surface area contributed by atoms with Gasteiger partial charge in [0.25, 0.3) is 5.91 Å². The molecule has 4 amide bonds. The highest BCUT2D eigenvalue weighted by molar-refractivity contribution is 6.03. The second kappa shape index (κ2) is 12.4. The van der Waals surface area contributed by atoms with Crippen LogP contribution in [-0.2, 0) is 22.4 Å². The van der Waals surface area contributed by atoms with Gasteiger partial charge >= 0.3 is 12.0 Å². The van der Waals surface area contributed by atoms with Crippen LogP contribution < -0.4 is 20.9 Å². The molecule has 3 aromatic carbocycles. The highest BCUT2D eigenvalue weighted by atomic mass is 16.5. The fourth-order valence-corrected chi connectivity index (χ4v) is 4.77. The zero-order chi connectivity index (χ0) is 29.6. The molecule has 1 aromatic heterocycles. The number of carbonyl (C=O) groups is 4. The van der Waals surface area contributed by atoms with Crippen LogP contribution in [0.5, 0.6) is 0 Å². The van der Waals surface area contributed by atoms with E-state index >= 15 is 0 Å². The molecule has 2 heterocycles. The first kappa shape index (κ1) is 28.1. The molecule has 0 fully saturated rings. The summed E-state index contributed by atoms with van der Waals surface area (Å²) < 4.78 is 4.91. The molecule has 1 atom stereocenters. The Labute approximate surface area is 241 Å². The standard InChI is InChI=1S/C31H29N5O6/c1-19-16-26(35-42-19)30(40)34-25(18-29(38)39)21-8-12-23(13-9-21)32-28(37)17-20-6-10-24(11-7-20)33-31(41)36-15-14-22-4-2-3-5-27(22)36/h2-13,16,25H,14-15,17-18H2,1H3,(H,32,37)(H,33,41)(H,34,40)(H,38,39). The molecule has 11 heteroatoms. The average molecular weight is 568 g/mol. The summed E-state index contributed by atoms with van der Waals surface area (Å²) in [4.78, 5) is 51.0. The summed E-state index contributed by atoms with van der Waals surface area (Å²) in [6.45, 7) is 2.28. The SMILES string of the molecule is Cc1cc(C(=O)NC(CC(=O)O)c2ccc(NC(=O)Cc3ccc(NC(=O)N4CCc5ccccc54)cc3)cc2)no1. The van der Waals surface area contributed by atoms with Crippen LogP contribution in [0, 0.1) is 6.92 Å². The molecular formula is C31H29N5O6. The number of amides is 4. The van der Waals surface area contributed by atoms with Crippen molar-refractivity contribution in [2.75, 3.05) is 22.1 Å². The lowest BCUT2D eigenvalue weighted by atomic mass is 10.0. The number of benzene rings is 3. The number of hydrogen-bond acceptors (Lipinski definition) is 6. The van der Waals surface area contributed by atoms with Gasteiger partial charge in [0.1, 0.15) is 5.76 Å². The maximum Gasteiger partial charge on any atom is 0.326 e. The summed E-state index contributed by atoms with van der Waals surface area (Å²) in [5, 5.41) is 21.4. The molecule has 1 unspecified atom stereocenters. The van der Waals surface area contributed by atoms with Crippen molar-refractivity contribution in [3.63, 3.8) is 0 Å². The number of anilines is 3. The van der Waals surface area contributed by atoms with Gasteiger partial charge in [-0.2, -0.15) is 0 Å². The van der Waals surface area contributed by atoms with E-state index in [-0.39, 0.29) is 30.5 Å². The summed E-state index contributed by atoms with van der Waals surface area (Å²) >= 11 is 0. The second-order valence-electron chi connectivity index (χ2n) is 9.95. The number of nitrogens with one attached hydrogen (secondary N) is 3. The van der Waals surface area contributed by atoms with E-state index in [0.717, 1.165) is 23.2 Å². The summed E-state index contributed by atoms with van der Waals surface area (Å²) in [6, 6.07) is 22.0. The number of carboxylic acid groups (broad SMARTS) is 1. The van der Waals surface area contributed by atoms with E-state index in [1.54, 1.807) is 60.4 Å². The van der Waals surface area contributed by atoms with E-state index in [0.29, 0.717) is 29.2 Å². The Morgan fingerprint density at radius 1 is 0.952 bits per heavy atom. The number of aryl methyl sites for hydroxylation is 1. The van der Waals surface area contributed by atoms with Gasteiger partial charge in [-0.15, -0.1) is 0 Å². The summed E-state index contributed by atoms with van der Waals surface area (Å²) in [5.74, 6) is -1.42. The molecule has 1 aliphatic heterocycles. The molecule has 4 aromatic rings. The van der Waals surface area contributed by atoms with Crippen LogP contribution in [-0.4, -0.2) is 40.6 Å². The van der Waals surface area contributed by atoms with Crippen molar-refractivity contribution in [3.8, 4) is 0 Å². The monoisotopic (exact) mass is 567 g/mol. The molecule has 0 bridgehead atoms. The van der Waals surface area contributed by atoms with Crippen LogP contribution in [0.2, 0.25) is 0 Å². The third kappa shape index (κ3) is 6.81. The number of fused-ring (bicyclic) bond motifs is 1. The minimum absolute atomic E-state index is 0.0551. The van der Waals surface area contributed by atoms with Gasteiger partial charge in [0.2, 0.25) is 5.91 Å². The number of aliphatic carboxylic acids is 1. The minimum atomic E-state index is -1.08. The summed E-state index contributed by atoms with van der Waals surface area (Å²) in [5.41, 5.74) is 4.59. The fourth-order valence-electron chi connectivity index (χ4n) is 4.77. The first-order valence-electron chi connectivity index (χ1n) is 13.4. The van der Waals surface area contributed by atoms with Crippen LogP contribution in [0.1, 0.15) is 45.4 Å². The predicted octanol–water partition coefficient (Wildman–Crippen LogP) is 4.70. The number of hydrogen-bond donors (Lipinski definition) is 4. The zero-order valence-corrected chi connectivity index (χ0v) is 22.8. The number of carbonyl (C=O) groups excluding carboxylic acids is 3. The lowest BCUT2D eigenvalue weighted by Crippen LogP contribution is -2.33. The topological polar surface area (TPSA) is 154 Å². The van der Waals surface area contributed by atoms with E-state index in [1.165, 1.54) is 6.07 Å². The van der Waals surface area contributed by atoms with Gasteiger partial charge in [-0.3, -0.25) is 19.3 Å². The van der Waals surface area contributed by atoms with Crippen LogP contribution >= 0.6 is 0 Å². The molecule has 0 saturated carbocycles. The number of aromatic nitrogens is 1. The minimum Gasteiger partial charge on any atom is -0.481 e. The number of rotatable bonds is 9. The van der Waals surface area contributed by atoms with Crippen LogP contribution in [0.3, 0.4) is 0 Å². The van der Waals surface area contributed by atoms with E-state index in [2.05, 4.69) is 21.1 Å². The molecule has 0 saturated heterocycles. The molecule has 214 valence electrons. The molecule has 0 spiro atoms. The molecule has 11 nitrogen and oxygen atoms in total. The number of para-hydroxylation sites is 1. The zero-order valence-electron chi connectivity index (χ0n) is 22.8. The average Bonchev–Trinajstić information content (AvgIpc) is 3.60. The van der Waals surface area contributed by atoms with Gasteiger partial charge in [0.05, 0.1) is 18.9 Å². The Hall–Kier alpha value is -5.45. The van der Waals surface area contributed by atoms with E-state index in [4.69, 9.17) is 4.52 Å². The Bertz CT molecular complexity index is 1610. The Morgan fingerprint density at radius 2 is 1.64 bits per heavy atom. The quantitative estimate of drug-likeness (QED) is 0.229. The highest BCUT2D eigenvalue weighted by Gasteiger charge is 2.24. The molecule has 42 heavy (non-hydrogen) atoms. The van der Waals surface area contributed by atoms with Crippen molar-refractivity contribution in [1.29, 1.82) is 0 Å². The fraction of sp³-hybridized carbons (Fsp3) is 0.194. The first-order chi connectivity index (χ1) is 20.2. The summed E-state index contributed by atoms with van der Waals surface area (Å²) in [6.07, 6.45) is 0.601. The van der Waals surface area contributed by atoms with Crippen molar-refractivity contribution in [1.82, 2.24) is 10.5 Å². The Balaban J connectivity index is 1.15. The van der Waals surface area contributed by atoms with Gasteiger partial charge in [-0.1, -0.05) is 47.6 Å². The normalized spacial score (nSPS) is 12.7. The highest BCUT2D eigenvalue weighted by Crippen LogP contribution is 2.28. The van der Waals surface area contributed by atoms with Crippen molar-refractivity contribution >= 4 is 40.9 Å². The maximum atomic E-state index is 12.8. The number of urea groups is 1. The lowest BCUT2D eigenvalue weighted by Gasteiger charge is -2.18. The molecule has 0 radical (unpaired) electrons. The van der Waals surface area contributed by atoms with E-state index < -0.39 is 17.9 Å².